The fourth-order valence-electron chi connectivity index (χ4n) is 3.94. The Balaban J connectivity index is 1.73. The lowest BCUT2D eigenvalue weighted by Gasteiger charge is -2.36. The maximum absolute atomic E-state index is 12.9. The van der Waals surface area contributed by atoms with Crippen molar-refractivity contribution in [3.63, 3.8) is 0 Å². The quantitative estimate of drug-likeness (QED) is 0.573. The van der Waals surface area contributed by atoms with E-state index in [9.17, 15) is 22.8 Å². The summed E-state index contributed by atoms with van der Waals surface area (Å²) in [6.07, 6.45) is 1.47. The zero-order chi connectivity index (χ0) is 27.2. The minimum atomic E-state index is -4.55. The Bertz CT molecular complexity index is 1050. The summed E-state index contributed by atoms with van der Waals surface area (Å²) in [7, 11) is 1.45. The first-order valence-electron chi connectivity index (χ1n) is 11.8. The second-order valence-electron chi connectivity index (χ2n) is 9.66. The number of methoxy groups -OCH3 is 1. The molecule has 0 saturated heterocycles. The van der Waals surface area contributed by atoms with Crippen molar-refractivity contribution in [1.82, 2.24) is 25.6 Å². The standard InChI is InChI=1S/C24H31F3N6O4/c1-23(2,3)37-22(35)32-17-6-8-18(9-7-17)33(21(34)31-14-24(25,26)27)19-10-5-15(11-28-19)16-12-29-20(36-4)30-13-16/h5,10-13,17-18H,6-9,14H2,1-4H3,(H,31,34)(H,32,35). The minimum Gasteiger partial charge on any atom is -0.467 e. The Labute approximate surface area is 213 Å². The van der Waals surface area contributed by atoms with E-state index in [2.05, 4.69) is 20.3 Å². The number of aromatic nitrogens is 3. The summed E-state index contributed by atoms with van der Waals surface area (Å²) < 4.78 is 48.6. The van der Waals surface area contributed by atoms with Gasteiger partial charge in [0.15, 0.2) is 0 Å². The molecule has 1 fully saturated rings. The first-order valence-corrected chi connectivity index (χ1v) is 11.8. The van der Waals surface area contributed by atoms with Crippen LogP contribution < -0.4 is 20.3 Å². The van der Waals surface area contributed by atoms with Gasteiger partial charge in [0, 0.05) is 41.8 Å². The number of carbonyl (C=O) groups excluding carboxylic acids is 2. The molecule has 1 saturated carbocycles. The number of anilines is 1. The van der Waals surface area contributed by atoms with Crippen molar-refractivity contribution in [2.45, 2.75) is 70.3 Å². The van der Waals surface area contributed by atoms with Crippen LogP contribution in [0.25, 0.3) is 11.1 Å². The molecule has 3 rings (SSSR count). The molecule has 2 heterocycles. The Morgan fingerprint density at radius 1 is 1.00 bits per heavy atom. The van der Waals surface area contributed by atoms with Crippen molar-refractivity contribution in [1.29, 1.82) is 0 Å². The SMILES string of the molecule is COc1ncc(-c2ccc(N(C(=O)NCC(F)(F)F)C3CCC(NC(=O)OC(C)(C)C)CC3)nc2)cn1. The van der Waals surface area contributed by atoms with Crippen molar-refractivity contribution < 1.29 is 32.2 Å². The fraction of sp³-hybridized carbons (Fsp3) is 0.542. The molecule has 2 N–H and O–H groups in total. The van der Waals surface area contributed by atoms with Gasteiger partial charge in [0.05, 0.1) is 7.11 Å². The monoisotopic (exact) mass is 524 g/mol. The van der Waals surface area contributed by atoms with Crippen LogP contribution in [0.5, 0.6) is 6.01 Å². The van der Waals surface area contributed by atoms with E-state index in [1.165, 1.54) is 18.2 Å². The van der Waals surface area contributed by atoms with Crippen LogP contribution in [0.4, 0.5) is 28.6 Å². The molecule has 202 valence electrons. The van der Waals surface area contributed by atoms with Gasteiger partial charge in [-0.05, 0) is 58.6 Å². The van der Waals surface area contributed by atoms with Crippen LogP contribution in [-0.2, 0) is 4.74 Å². The average Bonchev–Trinajstić information content (AvgIpc) is 2.83. The van der Waals surface area contributed by atoms with Crippen LogP contribution in [0, 0.1) is 0 Å². The number of alkyl halides is 3. The van der Waals surface area contributed by atoms with Gasteiger partial charge in [-0.2, -0.15) is 13.2 Å². The molecule has 1 aliphatic carbocycles. The molecule has 3 amide bonds. The number of pyridine rings is 1. The Hall–Kier alpha value is -3.64. The number of urea groups is 1. The van der Waals surface area contributed by atoms with Crippen LogP contribution in [0.2, 0.25) is 0 Å². The van der Waals surface area contributed by atoms with Gasteiger partial charge in [-0.25, -0.2) is 24.5 Å². The molecule has 0 bridgehead atoms. The van der Waals surface area contributed by atoms with Crippen LogP contribution in [0.3, 0.4) is 0 Å². The van der Waals surface area contributed by atoms with Crippen molar-refractivity contribution in [3.05, 3.63) is 30.7 Å². The highest BCUT2D eigenvalue weighted by molar-refractivity contribution is 5.91. The van der Waals surface area contributed by atoms with E-state index in [4.69, 9.17) is 9.47 Å². The van der Waals surface area contributed by atoms with Crippen LogP contribution in [-0.4, -0.2) is 64.6 Å². The second kappa shape index (κ2) is 11.6. The number of hydrogen-bond donors (Lipinski definition) is 2. The lowest BCUT2D eigenvalue weighted by molar-refractivity contribution is -0.122. The molecule has 0 aliphatic heterocycles. The zero-order valence-electron chi connectivity index (χ0n) is 21.1. The number of nitrogens with zero attached hydrogens (tertiary/aromatic N) is 4. The molecule has 0 unspecified atom stereocenters. The third-order valence-corrected chi connectivity index (χ3v) is 5.58. The largest absolute Gasteiger partial charge is 0.467 e. The predicted molar refractivity (Wildman–Crippen MR) is 129 cm³/mol. The fourth-order valence-corrected chi connectivity index (χ4v) is 3.94. The number of halogens is 3. The van der Waals surface area contributed by atoms with Crippen molar-refractivity contribution >= 4 is 17.9 Å². The molecule has 13 heteroatoms. The summed E-state index contributed by atoms with van der Waals surface area (Å²) in [4.78, 5) is 38.7. The number of hydrogen-bond acceptors (Lipinski definition) is 7. The lowest BCUT2D eigenvalue weighted by Crippen LogP contribution is -2.51. The molecule has 37 heavy (non-hydrogen) atoms. The number of amides is 3. The molecule has 10 nitrogen and oxygen atoms in total. The smallest absolute Gasteiger partial charge is 0.407 e. The lowest BCUT2D eigenvalue weighted by atomic mass is 9.90. The maximum Gasteiger partial charge on any atom is 0.407 e. The van der Waals surface area contributed by atoms with Gasteiger partial charge < -0.3 is 20.1 Å². The van der Waals surface area contributed by atoms with Crippen LogP contribution in [0.1, 0.15) is 46.5 Å². The first kappa shape index (κ1) is 27.9. The van der Waals surface area contributed by atoms with E-state index in [0.29, 0.717) is 36.8 Å². The van der Waals surface area contributed by atoms with Gasteiger partial charge in [-0.1, -0.05) is 0 Å². The van der Waals surface area contributed by atoms with Crippen molar-refractivity contribution in [2.75, 3.05) is 18.6 Å². The molecular formula is C24H31F3N6O4. The van der Waals surface area contributed by atoms with Crippen molar-refractivity contribution in [3.8, 4) is 17.1 Å². The predicted octanol–water partition coefficient (Wildman–Crippen LogP) is 4.46. The topological polar surface area (TPSA) is 119 Å². The maximum atomic E-state index is 12.9. The first-order chi connectivity index (χ1) is 17.3. The summed E-state index contributed by atoms with van der Waals surface area (Å²) in [5.41, 5.74) is 0.679. The molecule has 0 aromatic carbocycles. The highest BCUT2D eigenvalue weighted by Crippen LogP contribution is 2.29. The highest BCUT2D eigenvalue weighted by Gasteiger charge is 2.34. The Morgan fingerprint density at radius 2 is 1.62 bits per heavy atom. The summed E-state index contributed by atoms with van der Waals surface area (Å²) in [6.45, 7) is 3.84. The van der Waals surface area contributed by atoms with E-state index in [1.807, 2.05) is 5.32 Å². The number of ether oxygens (including phenoxy) is 2. The van der Waals surface area contributed by atoms with Gasteiger partial charge in [0.25, 0.3) is 0 Å². The summed E-state index contributed by atoms with van der Waals surface area (Å²) in [6, 6.07) is 1.99. The average molecular weight is 525 g/mol. The van der Waals surface area contributed by atoms with Crippen LogP contribution >= 0.6 is 0 Å². The third-order valence-electron chi connectivity index (χ3n) is 5.58. The van der Waals surface area contributed by atoms with E-state index in [1.54, 1.807) is 45.3 Å². The Kier molecular flexibility index (Phi) is 8.77. The molecule has 2 aromatic heterocycles. The molecule has 0 radical (unpaired) electrons. The molecule has 2 aromatic rings. The Morgan fingerprint density at radius 3 is 2.14 bits per heavy atom. The van der Waals surface area contributed by atoms with Gasteiger partial charge in [-0.3, -0.25) is 4.90 Å². The van der Waals surface area contributed by atoms with Gasteiger partial charge in [0.2, 0.25) is 0 Å². The second-order valence-corrected chi connectivity index (χ2v) is 9.66. The van der Waals surface area contributed by atoms with E-state index in [0.717, 1.165) is 0 Å². The molecule has 0 atom stereocenters. The number of nitrogens with one attached hydrogen (secondary N) is 2. The van der Waals surface area contributed by atoms with E-state index < -0.39 is 36.5 Å². The summed E-state index contributed by atoms with van der Waals surface area (Å²) in [5.74, 6) is 0.210. The summed E-state index contributed by atoms with van der Waals surface area (Å²) in [5, 5.41) is 4.76. The number of rotatable bonds is 6. The molecular weight excluding hydrogens is 493 g/mol. The van der Waals surface area contributed by atoms with E-state index in [-0.39, 0.29) is 17.9 Å². The molecule has 0 spiro atoms. The third kappa shape index (κ3) is 8.46. The molecule has 1 aliphatic rings. The number of carbonyl (C=O) groups is 2. The van der Waals surface area contributed by atoms with Crippen LogP contribution in [0.15, 0.2) is 30.7 Å². The number of alkyl carbamates (subject to hydrolysis) is 1. The van der Waals surface area contributed by atoms with Gasteiger partial charge >= 0.3 is 24.3 Å². The normalized spacial score (nSPS) is 18.0. The highest BCUT2D eigenvalue weighted by atomic mass is 19.4. The van der Waals surface area contributed by atoms with Crippen molar-refractivity contribution in [2.24, 2.45) is 0 Å². The zero-order valence-corrected chi connectivity index (χ0v) is 21.1. The van der Waals surface area contributed by atoms with Gasteiger partial charge in [-0.15, -0.1) is 0 Å². The van der Waals surface area contributed by atoms with Gasteiger partial charge in [0.1, 0.15) is 18.0 Å². The summed E-state index contributed by atoms with van der Waals surface area (Å²) >= 11 is 0. The van der Waals surface area contributed by atoms with E-state index >= 15 is 0 Å². The minimum absolute atomic E-state index is 0.170.